The quantitative estimate of drug-likeness (QED) is 0.0606. The van der Waals surface area contributed by atoms with Gasteiger partial charge in [0, 0.05) is 32.8 Å². The van der Waals surface area contributed by atoms with Gasteiger partial charge in [-0.25, -0.2) is 29.7 Å². The average molecular weight is 1660 g/mol. The van der Waals surface area contributed by atoms with Crippen LogP contribution in [0.1, 0.15) is 203 Å². The van der Waals surface area contributed by atoms with E-state index in [1.54, 1.807) is 26.8 Å². The Balaban J connectivity index is 1.18. The van der Waals surface area contributed by atoms with Crippen molar-refractivity contribution in [2.24, 2.45) is 21.6 Å². The van der Waals surface area contributed by atoms with E-state index in [1.165, 1.54) is 88.2 Å². The summed E-state index contributed by atoms with van der Waals surface area (Å²) in [5.41, 5.74) is -1.79. The molecule has 4 aliphatic heterocycles. The second kappa shape index (κ2) is 35.5. The molecule has 42 heteroatoms. The van der Waals surface area contributed by atoms with Gasteiger partial charge in [-0.1, -0.05) is 58.2 Å². The van der Waals surface area contributed by atoms with E-state index in [0.717, 1.165) is 57.1 Å². The summed E-state index contributed by atoms with van der Waals surface area (Å²) in [7, 11) is 0. The number of aliphatic hydroxyl groups is 5. The molecule has 5 aromatic rings. The number of aliphatic hydroxyl groups excluding tert-OH is 4. The van der Waals surface area contributed by atoms with E-state index in [1.807, 2.05) is 0 Å². The number of pyridine rings is 1. The molecule has 5 aromatic heterocycles. The van der Waals surface area contributed by atoms with Crippen LogP contribution in [0.5, 0.6) is 0 Å². The number of nitrogens with two attached hydrogens (primary N) is 1. The SMILES string of the molecule is C=C(NC(=O)C(=C)NC(=O)c1csc(C2=N[C@@H]3c4csc(n4)[C@H]4NC(=O)c5csc(n5)[C@H]([C@](C)(O)[C@@H](C)O)NC(=O)[C@H]5CSC(=N5)/C(=C/C)NC(=O)[C@H]([C@@H](C)O)NC(=O)c5csc(n5)[C@]3(CC2)NC(=O)[C@H](C)NC(=O)C(=C)NC(=O)[C@H](C)NC(=O)[C@H]([C@@H](C)CC)N[C@H]2C=Cc3c([C@H](C)O)cc(nc3[C@H]2O)C(=O)O[C@@H]4C)n1)C(N)=O. The Morgan fingerprint density at radius 1 is 0.763 bits per heavy atom. The van der Waals surface area contributed by atoms with E-state index >= 15 is 14.4 Å². The molecule has 18 N–H and O–H groups in total. The maximum absolute atomic E-state index is 15.4. The number of primary amides is 1. The van der Waals surface area contributed by atoms with Crippen LogP contribution in [0.25, 0.3) is 6.08 Å². The zero-order valence-electron chi connectivity index (χ0n) is 63.0. The third-order valence-corrected chi connectivity index (χ3v) is 24.3. The van der Waals surface area contributed by atoms with E-state index in [9.17, 15) is 68.7 Å². The van der Waals surface area contributed by atoms with Crippen LogP contribution in [0.3, 0.4) is 0 Å². The highest BCUT2D eigenvalue weighted by atomic mass is 32.2. The van der Waals surface area contributed by atoms with Crippen LogP contribution < -0.4 is 64.2 Å². The number of ether oxygens (including phenoxy) is 1. The maximum Gasteiger partial charge on any atom is 0.357 e. The molecule has 0 saturated heterocycles. The number of aliphatic imine (C=N–C) groups is 2. The Labute approximate surface area is 671 Å². The molecule has 13 bridgehead atoms. The average Bonchev–Trinajstić information content (AvgIpc) is 1.50. The first kappa shape index (κ1) is 85.9. The number of nitrogens with zero attached hydrogens (tertiary/aromatic N) is 7. The minimum absolute atomic E-state index is 0.0158. The number of carbonyl (C=O) groups excluding carboxylic acids is 12. The van der Waals surface area contributed by atoms with Gasteiger partial charge in [-0.05, 0) is 85.8 Å². The summed E-state index contributed by atoms with van der Waals surface area (Å²) in [5, 5.41) is 92.2. The van der Waals surface area contributed by atoms with E-state index in [4.69, 9.17) is 25.4 Å². The first-order valence-electron chi connectivity index (χ1n) is 35.6. The van der Waals surface area contributed by atoms with Gasteiger partial charge in [0.1, 0.15) is 113 Å². The van der Waals surface area contributed by atoms with Crippen molar-refractivity contribution >= 4 is 145 Å². The lowest BCUT2D eigenvalue weighted by molar-refractivity contribution is -0.131. The number of cyclic esters (lactones) is 1. The van der Waals surface area contributed by atoms with Crippen LogP contribution in [-0.4, -0.2) is 198 Å². The van der Waals surface area contributed by atoms with Crippen molar-refractivity contribution in [1.82, 2.24) is 83.4 Å². The monoisotopic (exact) mass is 1660 g/mol. The Hall–Kier alpha value is -10.5. The summed E-state index contributed by atoms with van der Waals surface area (Å²) in [6.07, 6.45) is -3.18. The molecule has 606 valence electrons. The van der Waals surface area contributed by atoms with Gasteiger partial charge < -0.3 is 89.2 Å². The van der Waals surface area contributed by atoms with E-state index in [2.05, 4.69) is 98.2 Å². The van der Waals surface area contributed by atoms with Crippen LogP contribution in [0.2, 0.25) is 0 Å². The number of hydrogen-bond acceptors (Lipinski definition) is 31. The van der Waals surface area contributed by atoms with E-state index in [0.29, 0.717) is 6.42 Å². The second-order valence-corrected chi connectivity index (χ2v) is 32.3. The largest absolute Gasteiger partial charge is 0.455 e. The minimum Gasteiger partial charge on any atom is -0.455 e. The Morgan fingerprint density at radius 3 is 2.12 bits per heavy atom. The molecular formula is C72H85N19O18S5. The molecule has 9 heterocycles. The number of rotatable bonds is 12. The normalized spacial score (nSPS) is 26.9. The number of amides is 11. The lowest BCUT2D eigenvalue weighted by Gasteiger charge is -2.41. The summed E-state index contributed by atoms with van der Waals surface area (Å²) >= 11 is 4.42. The number of nitrogens with one attached hydrogen (secondary N) is 11. The molecule has 17 atom stereocenters. The summed E-state index contributed by atoms with van der Waals surface area (Å²) in [4.78, 5) is 204. The molecule has 0 spiro atoms. The van der Waals surface area contributed by atoms with E-state index in [-0.39, 0.29) is 94.7 Å². The molecular weight excluding hydrogens is 1580 g/mol. The Bertz CT molecular complexity index is 4880. The second-order valence-electron chi connectivity index (χ2n) is 27.8. The predicted molar refractivity (Wildman–Crippen MR) is 418 cm³/mol. The highest BCUT2D eigenvalue weighted by Crippen LogP contribution is 2.48. The molecule has 10 rings (SSSR count). The molecule has 37 nitrogen and oxygen atoms in total. The Morgan fingerprint density at radius 2 is 1.45 bits per heavy atom. The van der Waals surface area contributed by atoms with Crippen molar-refractivity contribution in [3.63, 3.8) is 0 Å². The fourth-order valence-corrected chi connectivity index (χ4v) is 17.2. The number of aromatic nitrogens is 5. The predicted octanol–water partition coefficient (Wildman–Crippen LogP) is 0.774. The van der Waals surface area contributed by atoms with Crippen molar-refractivity contribution in [3.8, 4) is 0 Å². The summed E-state index contributed by atoms with van der Waals surface area (Å²) in [6.45, 7) is 24.9. The van der Waals surface area contributed by atoms with Crippen molar-refractivity contribution in [2.75, 3.05) is 5.75 Å². The van der Waals surface area contributed by atoms with Crippen molar-refractivity contribution in [1.29, 1.82) is 0 Å². The highest BCUT2D eigenvalue weighted by Gasteiger charge is 2.51. The molecule has 5 aliphatic rings. The summed E-state index contributed by atoms with van der Waals surface area (Å²) < 4.78 is 6.26. The number of allylic oxidation sites excluding steroid dienone is 1. The standard InChI is InChI=1S/C72H85N19O18S5/c1-14-26(3)47-63(105)78-30(7)57(99)75-28(5)56(98)76-31(8)58(100)91-72-19-18-40(66-85-43(22-111-66)59(101)77-29(6)55(97)74-27(4)54(73)96)81-52(72)42-21-112-67(83-42)49(34(11)109-69(107)41-20-37(32(9)92)36-16-17-39(79-47)51(95)50(36)80-41)89-60(102)44-24-113-68(86-44)53(71(13,108)35(12)94)90-62(104)45-23-110-65(84-45)38(15-2)82-64(106)48(33(10)93)88-61(103)46-25-114-70(72)87-46/h15-17,20-22,24-26,30-35,39,45,47-49,51-53,79,92-95,108H,4-6,14,18-19,23H2,1-3,7-13H3,(H2,73,96)(H,74,97)(H,75,99)(H,76,98)(H,77,101)(H,78,105)(H,82,106)(H,88,103)(H,89,102)(H,90,104)(H,91,100)/b38-15-/t26-,30-,31-,32-,33+,34+,35+,39-,45+,47-,48-,49-,51-,52+,53+,71+,72+/m0/s1. The van der Waals surface area contributed by atoms with Crippen LogP contribution in [-0.2, 0) is 48.6 Å². The third-order valence-electron chi connectivity index (χ3n) is 19.5. The van der Waals surface area contributed by atoms with Crippen LogP contribution in [0.4, 0.5) is 0 Å². The number of thioether (sulfide) groups is 1. The van der Waals surface area contributed by atoms with Gasteiger partial charge in [-0.2, -0.15) is 0 Å². The van der Waals surface area contributed by atoms with Crippen LogP contribution in [0, 0.1) is 5.92 Å². The molecule has 0 saturated carbocycles. The van der Waals surface area contributed by atoms with E-state index < -0.39 is 196 Å². The smallest absolute Gasteiger partial charge is 0.357 e. The van der Waals surface area contributed by atoms with Crippen LogP contribution in [0.15, 0.2) is 92.2 Å². The lowest BCUT2D eigenvalue weighted by atomic mass is 9.80. The molecule has 0 aromatic carbocycles. The van der Waals surface area contributed by atoms with Crippen molar-refractivity contribution < 1.29 is 87.8 Å². The van der Waals surface area contributed by atoms with Gasteiger partial charge >= 0.3 is 5.97 Å². The zero-order chi connectivity index (χ0) is 83.4. The van der Waals surface area contributed by atoms with Gasteiger partial charge in [-0.3, -0.25) is 68.0 Å². The topological polar surface area (TPSA) is 563 Å². The van der Waals surface area contributed by atoms with Gasteiger partial charge in [0.15, 0.2) is 0 Å². The number of fused-ring (bicyclic) bond motifs is 7. The summed E-state index contributed by atoms with van der Waals surface area (Å²) in [5.74, 6) is -12.2. The number of thiazole rings is 4. The van der Waals surface area contributed by atoms with Gasteiger partial charge in [0.05, 0.1) is 70.3 Å². The third kappa shape index (κ3) is 18.6. The molecule has 0 unspecified atom stereocenters. The maximum atomic E-state index is 15.4. The highest BCUT2D eigenvalue weighted by molar-refractivity contribution is 8.14. The summed E-state index contributed by atoms with van der Waals surface area (Å²) in [6, 6.07) is -11.6. The molecule has 0 fully saturated rings. The van der Waals surface area contributed by atoms with Crippen molar-refractivity contribution in [3.05, 3.63) is 148 Å². The minimum atomic E-state index is -2.21. The van der Waals surface area contributed by atoms with Gasteiger partial charge in [0.25, 0.3) is 35.4 Å². The van der Waals surface area contributed by atoms with Gasteiger partial charge in [-0.15, -0.1) is 57.1 Å². The lowest BCUT2D eigenvalue weighted by Crippen LogP contribution is -2.57. The first-order chi connectivity index (χ1) is 53.7. The molecule has 0 radical (unpaired) electrons. The van der Waals surface area contributed by atoms with Crippen molar-refractivity contribution in [2.45, 2.75) is 185 Å². The van der Waals surface area contributed by atoms with Crippen LogP contribution >= 0.6 is 57.1 Å². The van der Waals surface area contributed by atoms with Gasteiger partial charge in [0.2, 0.25) is 29.5 Å². The number of hydrogen-bond donors (Lipinski definition) is 17. The molecule has 114 heavy (non-hydrogen) atoms. The molecule has 11 amide bonds. The zero-order valence-corrected chi connectivity index (χ0v) is 67.1. The fourth-order valence-electron chi connectivity index (χ4n) is 12.3. The Kier molecular flexibility index (Phi) is 26.7. The molecule has 1 aliphatic carbocycles. The number of esters is 1. The fraction of sp³-hybridized carbons (Fsp3) is 0.431. The number of carbonyl (C=O) groups is 12. The first-order valence-corrected chi connectivity index (χ1v) is 40.1.